The third-order valence-electron chi connectivity index (χ3n) is 3.79. The predicted octanol–water partition coefficient (Wildman–Crippen LogP) is 1.50. The van der Waals surface area contributed by atoms with E-state index in [1.165, 1.54) is 18.5 Å². The van der Waals surface area contributed by atoms with Gasteiger partial charge in [0.25, 0.3) is 0 Å². The monoisotopic (exact) mass is 299 g/mol. The normalized spacial score (nSPS) is 12.3. The number of aryl methyl sites for hydroxylation is 1. The predicted molar refractivity (Wildman–Crippen MR) is 72.9 cm³/mol. The molecule has 0 radical (unpaired) electrons. The number of rotatable bonds is 1. The Morgan fingerprint density at radius 2 is 2.14 bits per heavy atom. The van der Waals surface area contributed by atoms with Crippen molar-refractivity contribution < 1.29 is 14.3 Å². The van der Waals surface area contributed by atoms with Crippen molar-refractivity contribution in [3.63, 3.8) is 0 Å². The van der Waals surface area contributed by atoms with E-state index in [1.807, 2.05) is 0 Å². The van der Waals surface area contributed by atoms with E-state index in [-0.39, 0.29) is 5.69 Å². The number of benzene rings is 1. The lowest BCUT2D eigenvalue weighted by atomic mass is 10.1. The van der Waals surface area contributed by atoms with Gasteiger partial charge in [0.05, 0.1) is 28.5 Å². The van der Waals surface area contributed by atoms with Crippen LogP contribution >= 0.6 is 0 Å². The van der Waals surface area contributed by atoms with Gasteiger partial charge in [0.15, 0.2) is 5.69 Å². The number of imidazole rings is 1. The van der Waals surface area contributed by atoms with Crippen molar-refractivity contribution in [1.82, 2.24) is 24.5 Å². The Balaban J connectivity index is 2.11. The maximum atomic E-state index is 13.7. The molecule has 22 heavy (non-hydrogen) atoms. The summed E-state index contributed by atoms with van der Waals surface area (Å²) in [5.41, 5.74) is 2.99. The lowest BCUT2D eigenvalue weighted by Gasteiger charge is -2.09. The molecule has 110 valence electrons. The third-order valence-corrected chi connectivity index (χ3v) is 3.79. The van der Waals surface area contributed by atoms with Gasteiger partial charge in [-0.1, -0.05) is 5.21 Å². The first-order chi connectivity index (χ1) is 10.6. The Labute approximate surface area is 123 Å². The van der Waals surface area contributed by atoms with Crippen LogP contribution in [0.4, 0.5) is 4.39 Å². The molecule has 4 rings (SSSR count). The highest BCUT2D eigenvalue weighted by Crippen LogP contribution is 2.30. The molecule has 0 bridgehead atoms. The van der Waals surface area contributed by atoms with Gasteiger partial charge in [-0.2, -0.15) is 0 Å². The van der Waals surface area contributed by atoms with Crippen LogP contribution in [-0.2, 0) is 6.42 Å². The first-order valence-corrected chi connectivity index (χ1v) is 6.57. The summed E-state index contributed by atoms with van der Waals surface area (Å²) in [6, 6.07) is 4.24. The molecule has 1 aliphatic rings. The van der Waals surface area contributed by atoms with Crippen molar-refractivity contribution in [1.29, 1.82) is 0 Å². The molecule has 0 unspecified atom stereocenters. The number of hydrogen-bond acceptors (Lipinski definition) is 4. The van der Waals surface area contributed by atoms with E-state index < -0.39 is 11.8 Å². The second-order valence-electron chi connectivity index (χ2n) is 5.06. The molecule has 0 fully saturated rings. The van der Waals surface area contributed by atoms with Crippen LogP contribution in [0, 0.1) is 12.7 Å². The molecular formula is C14H10FN5O2. The van der Waals surface area contributed by atoms with E-state index in [9.17, 15) is 14.3 Å². The zero-order chi connectivity index (χ0) is 15.4. The summed E-state index contributed by atoms with van der Waals surface area (Å²) in [6.45, 7) is 1.78. The molecule has 1 N–H and O–H groups in total. The van der Waals surface area contributed by atoms with Crippen LogP contribution in [0.25, 0.3) is 11.4 Å². The minimum atomic E-state index is -1.10. The molecule has 0 spiro atoms. The number of carbonyl (C=O) groups is 1. The molecule has 1 aliphatic heterocycles. The minimum absolute atomic E-state index is 0.0238. The smallest absolute Gasteiger partial charge is 0.356 e. The molecule has 3 aromatic rings. The number of halogens is 1. The summed E-state index contributed by atoms with van der Waals surface area (Å²) in [6.07, 6.45) is 1.74. The zero-order valence-corrected chi connectivity index (χ0v) is 11.5. The number of carboxylic acid groups (broad SMARTS) is 1. The van der Waals surface area contributed by atoms with E-state index in [2.05, 4.69) is 15.3 Å². The van der Waals surface area contributed by atoms with Gasteiger partial charge in [-0.25, -0.2) is 18.9 Å². The second-order valence-corrected chi connectivity index (χ2v) is 5.06. The maximum absolute atomic E-state index is 13.7. The van der Waals surface area contributed by atoms with Crippen molar-refractivity contribution >= 4 is 5.97 Å². The maximum Gasteiger partial charge on any atom is 0.356 e. The number of fused-ring (bicyclic) bond motifs is 5. The van der Waals surface area contributed by atoms with Gasteiger partial charge in [-0.05, 0) is 19.1 Å². The molecule has 2 aromatic heterocycles. The summed E-state index contributed by atoms with van der Waals surface area (Å²) in [4.78, 5) is 15.3. The Hall–Kier alpha value is -3.03. The molecule has 3 heterocycles. The molecular weight excluding hydrogens is 289 g/mol. The summed E-state index contributed by atoms with van der Waals surface area (Å²) < 4.78 is 16.9. The Bertz CT molecular complexity index is 927. The standard InChI is InChI=1S/C14H10FN5O2/c1-7-10-5-12-13(14(21)22)16-6-19(12)9-3-2-8(15)4-11(9)20(10)18-17-7/h2-4,6H,5H2,1H3,(H,21,22). The zero-order valence-electron chi connectivity index (χ0n) is 11.5. The average Bonchev–Trinajstić information content (AvgIpc) is 3.01. The van der Waals surface area contributed by atoms with Crippen LogP contribution < -0.4 is 0 Å². The molecule has 1 aromatic carbocycles. The molecule has 0 atom stereocenters. The van der Waals surface area contributed by atoms with E-state index in [0.29, 0.717) is 34.9 Å². The van der Waals surface area contributed by atoms with Crippen molar-refractivity contribution in [3.8, 4) is 11.4 Å². The Kier molecular flexibility index (Phi) is 2.44. The number of aromatic carboxylic acids is 1. The highest BCUT2D eigenvalue weighted by Gasteiger charge is 2.27. The van der Waals surface area contributed by atoms with Crippen molar-refractivity contribution in [3.05, 3.63) is 53.1 Å². The number of hydrogen-bond donors (Lipinski definition) is 1. The van der Waals surface area contributed by atoms with Crippen LogP contribution in [0.3, 0.4) is 0 Å². The topological polar surface area (TPSA) is 85.8 Å². The van der Waals surface area contributed by atoms with Gasteiger partial charge in [-0.3, -0.25) is 4.57 Å². The molecule has 0 amide bonds. The van der Waals surface area contributed by atoms with Gasteiger partial charge in [0.2, 0.25) is 0 Å². The number of aromatic nitrogens is 5. The molecule has 8 heteroatoms. The average molecular weight is 299 g/mol. The fourth-order valence-electron chi connectivity index (χ4n) is 2.73. The summed E-state index contributed by atoms with van der Waals surface area (Å²) in [7, 11) is 0. The van der Waals surface area contributed by atoms with Crippen LogP contribution in [-0.4, -0.2) is 35.6 Å². The van der Waals surface area contributed by atoms with Crippen LogP contribution in [0.1, 0.15) is 27.6 Å². The first kappa shape index (κ1) is 12.7. The quantitative estimate of drug-likeness (QED) is 0.575. The fraction of sp³-hybridized carbons (Fsp3) is 0.143. The van der Waals surface area contributed by atoms with Gasteiger partial charge in [0, 0.05) is 12.5 Å². The van der Waals surface area contributed by atoms with Gasteiger partial charge < -0.3 is 5.11 Å². The van der Waals surface area contributed by atoms with Crippen molar-refractivity contribution in [2.75, 3.05) is 0 Å². The second kappa shape index (κ2) is 4.23. The minimum Gasteiger partial charge on any atom is -0.476 e. The van der Waals surface area contributed by atoms with E-state index in [1.54, 1.807) is 22.2 Å². The van der Waals surface area contributed by atoms with Crippen LogP contribution in [0.2, 0.25) is 0 Å². The molecule has 0 aliphatic carbocycles. The third kappa shape index (κ3) is 1.60. The van der Waals surface area contributed by atoms with Gasteiger partial charge in [0.1, 0.15) is 12.1 Å². The van der Waals surface area contributed by atoms with Crippen LogP contribution in [0.15, 0.2) is 24.5 Å². The Morgan fingerprint density at radius 1 is 1.32 bits per heavy atom. The Morgan fingerprint density at radius 3 is 2.91 bits per heavy atom. The fourth-order valence-corrected chi connectivity index (χ4v) is 2.73. The SMILES string of the molecule is Cc1nnn2c1Cc1c(C(=O)O)ncn1-c1ccc(F)cc1-2. The summed E-state index contributed by atoms with van der Waals surface area (Å²) in [5, 5.41) is 17.4. The van der Waals surface area contributed by atoms with E-state index in [0.717, 1.165) is 0 Å². The number of nitrogens with zero attached hydrogens (tertiary/aromatic N) is 5. The molecule has 0 saturated heterocycles. The lowest BCUT2D eigenvalue weighted by Crippen LogP contribution is -2.06. The van der Waals surface area contributed by atoms with Crippen molar-refractivity contribution in [2.45, 2.75) is 13.3 Å². The highest BCUT2D eigenvalue weighted by atomic mass is 19.1. The first-order valence-electron chi connectivity index (χ1n) is 6.57. The van der Waals surface area contributed by atoms with Crippen molar-refractivity contribution in [2.24, 2.45) is 0 Å². The summed E-state index contributed by atoms with van der Waals surface area (Å²) >= 11 is 0. The lowest BCUT2D eigenvalue weighted by molar-refractivity contribution is 0.0690. The summed E-state index contributed by atoms with van der Waals surface area (Å²) in [5.74, 6) is -1.50. The van der Waals surface area contributed by atoms with E-state index >= 15 is 0 Å². The number of carboxylic acids is 1. The molecule has 0 saturated carbocycles. The van der Waals surface area contributed by atoms with Crippen LogP contribution in [0.5, 0.6) is 0 Å². The molecule has 7 nitrogen and oxygen atoms in total. The van der Waals surface area contributed by atoms with E-state index in [4.69, 9.17) is 0 Å². The van der Waals surface area contributed by atoms with Gasteiger partial charge >= 0.3 is 5.97 Å². The van der Waals surface area contributed by atoms with Gasteiger partial charge in [-0.15, -0.1) is 5.10 Å². The highest BCUT2D eigenvalue weighted by molar-refractivity contribution is 5.87. The largest absolute Gasteiger partial charge is 0.476 e.